The number of ether oxygens (including phenoxy) is 1. The molecule has 3 heterocycles. The molecule has 1 fully saturated rings. The first kappa shape index (κ1) is 25.9. The quantitative estimate of drug-likeness (QED) is 0.630. The van der Waals surface area contributed by atoms with Gasteiger partial charge in [-0.25, -0.2) is 9.78 Å². The molecule has 0 radical (unpaired) electrons. The minimum Gasteiger partial charge on any atom is -0.475 e. The summed E-state index contributed by atoms with van der Waals surface area (Å²) in [6, 6.07) is 10.4. The molecule has 0 bridgehead atoms. The molecule has 1 aromatic heterocycles. The topological polar surface area (TPSA) is 95.0 Å². The number of alkyl halides is 3. The second kappa shape index (κ2) is 12.1. The molecule has 1 amide bonds. The minimum absolute atomic E-state index is 0.0534. The zero-order valence-corrected chi connectivity index (χ0v) is 19.3. The van der Waals surface area contributed by atoms with Gasteiger partial charge in [0, 0.05) is 44.1 Å². The van der Waals surface area contributed by atoms with Crippen LogP contribution in [0.1, 0.15) is 26.7 Å². The van der Waals surface area contributed by atoms with E-state index in [1.165, 1.54) is 10.4 Å². The molecule has 2 aromatic rings. The molecular formula is C22H27F3N4O4S. The number of morpholine rings is 1. The Morgan fingerprint density at radius 1 is 1.15 bits per heavy atom. The van der Waals surface area contributed by atoms with Crippen molar-refractivity contribution in [1.29, 1.82) is 0 Å². The molecule has 0 atom stereocenters. The maximum atomic E-state index is 12.5. The molecule has 0 spiro atoms. The molecule has 2 aliphatic heterocycles. The van der Waals surface area contributed by atoms with E-state index in [2.05, 4.69) is 39.4 Å². The Balaban J connectivity index is 0.000000406. The fourth-order valence-electron chi connectivity index (χ4n) is 3.57. The summed E-state index contributed by atoms with van der Waals surface area (Å²) in [7, 11) is 0. The molecule has 34 heavy (non-hydrogen) atoms. The Labute approximate surface area is 199 Å². The number of aliphatic carboxylic acids is 1. The van der Waals surface area contributed by atoms with E-state index in [4.69, 9.17) is 19.6 Å². The van der Waals surface area contributed by atoms with Crippen LogP contribution in [0.4, 0.5) is 19.0 Å². The van der Waals surface area contributed by atoms with Gasteiger partial charge in [0.05, 0.1) is 13.2 Å². The number of amides is 1. The number of anilines is 1. The largest absolute Gasteiger partial charge is 0.490 e. The molecule has 186 valence electrons. The molecule has 0 unspecified atom stereocenters. The lowest BCUT2D eigenvalue weighted by Crippen LogP contribution is -2.41. The number of rotatable bonds is 6. The van der Waals surface area contributed by atoms with E-state index in [0.29, 0.717) is 11.6 Å². The van der Waals surface area contributed by atoms with Gasteiger partial charge in [-0.3, -0.25) is 9.69 Å². The van der Waals surface area contributed by atoms with Crippen LogP contribution in [-0.2, 0) is 22.5 Å². The number of carboxylic acid groups (broad SMARTS) is 1. The van der Waals surface area contributed by atoms with Gasteiger partial charge in [-0.05, 0) is 18.4 Å². The molecule has 0 aliphatic carbocycles. The summed E-state index contributed by atoms with van der Waals surface area (Å²) in [4.78, 5) is 32.0. The maximum absolute atomic E-state index is 12.5. The van der Waals surface area contributed by atoms with E-state index in [0.717, 1.165) is 64.6 Å². The van der Waals surface area contributed by atoms with Gasteiger partial charge in [0.25, 0.3) is 5.91 Å². The highest BCUT2D eigenvalue weighted by molar-refractivity contribution is 7.14. The highest BCUT2D eigenvalue weighted by Gasteiger charge is 2.38. The molecule has 0 saturated carbocycles. The van der Waals surface area contributed by atoms with E-state index in [1.54, 1.807) is 11.3 Å². The molecule has 1 saturated heterocycles. The van der Waals surface area contributed by atoms with Crippen LogP contribution >= 0.6 is 11.3 Å². The number of thiazole rings is 1. The Morgan fingerprint density at radius 3 is 2.47 bits per heavy atom. The van der Waals surface area contributed by atoms with Crippen LogP contribution in [0, 0.1) is 0 Å². The number of aryl methyl sites for hydroxylation is 1. The van der Waals surface area contributed by atoms with Gasteiger partial charge in [0.2, 0.25) is 0 Å². The Hall–Kier alpha value is -2.70. The Morgan fingerprint density at radius 2 is 1.82 bits per heavy atom. The van der Waals surface area contributed by atoms with Crippen LogP contribution in [0.25, 0.3) is 0 Å². The summed E-state index contributed by atoms with van der Waals surface area (Å²) in [6.45, 7) is 6.79. The molecule has 8 nitrogen and oxygen atoms in total. The second-order valence-corrected chi connectivity index (χ2v) is 8.87. The van der Waals surface area contributed by atoms with Gasteiger partial charge in [0.15, 0.2) is 5.01 Å². The number of nitrogens with one attached hydrogen (secondary N) is 1. The number of nitrogens with zero attached hydrogens (tertiary/aromatic N) is 3. The normalized spacial score (nSPS) is 16.3. The Bertz CT molecular complexity index is 949. The number of carboxylic acids is 1. The summed E-state index contributed by atoms with van der Waals surface area (Å²) >= 11 is 1.55. The minimum atomic E-state index is -5.08. The van der Waals surface area contributed by atoms with Crippen molar-refractivity contribution in [2.45, 2.75) is 25.6 Å². The number of aromatic nitrogens is 1. The number of carbonyl (C=O) groups is 2. The number of hydrogen-bond acceptors (Lipinski definition) is 7. The van der Waals surface area contributed by atoms with Gasteiger partial charge >= 0.3 is 12.1 Å². The van der Waals surface area contributed by atoms with Crippen molar-refractivity contribution in [1.82, 2.24) is 15.2 Å². The lowest BCUT2D eigenvalue weighted by Gasteiger charge is -2.27. The van der Waals surface area contributed by atoms with Crippen molar-refractivity contribution in [2.24, 2.45) is 0 Å². The van der Waals surface area contributed by atoms with E-state index >= 15 is 0 Å². The highest BCUT2D eigenvalue weighted by atomic mass is 32.1. The Kier molecular flexibility index (Phi) is 9.25. The van der Waals surface area contributed by atoms with Crippen LogP contribution in [0.3, 0.4) is 0 Å². The number of halogens is 3. The molecule has 4 rings (SSSR count). The zero-order valence-electron chi connectivity index (χ0n) is 18.5. The molecule has 2 aliphatic rings. The zero-order chi connectivity index (χ0) is 24.6. The van der Waals surface area contributed by atoms with Crippen molar-refractivity contribution < 1.29 is 32.6 Å². The summed E-state index contributed by atoms with van der Waals surface area (Å²) in [6.07, 6.45) is -2.96. The van der Waals surface area contributed by atoms with Crippen LogP contribution in [0.15, 0.2) is 30.3 Å². The standard InChI is InChI=1S/C20H26N4O2S.C2HF3O2/c25-19(21-8-10-23-11-13-26-14-12-23)20-22-18-17(27-20)7-4-9-24(18)15-16-5-2-1-3-6-16;3-2(4,5)1(6)7/h1-3,5-6H,4,7-15H2,(H,21,25);(H,6,7). The third-order valence-corrected chi connectivity index (χ3v) is 6.38. The van der Waals surface area contributed by atoms with Crippen LogP contribution in [0.2, 0.25) is 0 Å². The molecule has 12 heteroatoms. The third-order valence-electron chi connectivity index (χ3n) is 5.28. The van der Waals surface area contributed by atoms with Gasteiger partial charge in [-0.2, -0.15) is 13.2 Å². The summed E-state index contributed by atoms with van der Waals surface area (Å²) in [5.41, 5.74) is 1.27. The SMILES string of the molecule is O=C(NCCN1CCOCC1)c1nc2c(s1)CCCN2Cc1ccccc1.O=C(O)C(F)(F)F. The maximum Gasteiger partial charge on any atom is 0.490 e. The fourth-order valence-corrected chi connectivity index (χ4v) is 4.62. The summed E-state index contributed by atoms with van der Waals surface area (Å²) < 4.78 is 37.1. The lowest BCUT2D eigenvalue weighted by molar-refractivity contribution is -0.192. The average molecular weight is 501 g/mol. The number of fused-ring (bicyclic) bond motifs is 1. The van der Waals surface area contributed by atoms with Gasteiger partial charge < -0.3 is 20.1 Å². The van der Waals surface area contributed by atoms with Gasteiger partial charge in [-0.1, -0.05) is 30.3 Å². The fraction of sp³-hybridized carbons (Fsp3) is 0.500. The first-order valence-electron chi connectivity index (χ1n) is 10.9. The molecular weight excluding hydrogens is 473 g/mol. The van der Waals surface area contributed by atoms with E-state index in [9.17, 15) is 18.0 Å². The monoisotopic (exact) mass is 500 g/mol. The highest BCUT2D eigenvalue weighted by Crippen LogP contribution is 2.32. The molecule has 2 N–H and O–H groups in total. The number of hydrogen-bond donors (Lipinski definition) is 2. The van der Waals surface area contributed by atoms with Crippen molar-refractivity contribution >= 4 is 29.0 Å². The smallest absolute Gasteiger partial charge is 0.475 e. The van der Waals surface area contributed by atoms with E-state index in [1.807, 2.05) is 6.07 Å². The predicted molar refractivity (Wildman–Crippen MR) is 121 cm³/mol. The van der Waals surface area contributed by atoms with E-state index in [-0.39, 0.29) is 5.91 Å². The van der Waals surface area contributed by atoms with Crippen LogP contribution in [-0.4, -0.2) is 79.0 Å². The van der Waals surface area contributed by atoms with Gasteiger partial charge in [-0.15, -0.1) is 11.3 Å². The van der Waals surface area contributed by atoms with Crippen molar-refractivity contribution in [3.63, 3.8) is 0 Å². The first-order valence-corrected chi connectivity index (χ1v) is 11.7. The average Bonchev–Trinajstić information content (AvgIpc) is 3.26. The first-order chi connectivity index (χ1) is 16.2. The number of benzene rings is 1. The molecule has 1 aromatic carbocycles. The third kappa shape index (κ3) is 7.67. The van der Waals surface area contributed by atoms with Crippen molar-refractivity contribution in [3.8, 4) is 0 Å². The van der Waals surface area contributed by atoms with Crippen molar-refractivity contribution in [3.05, 3.63) is 45.8 Å². The second-order valence-electron chi connectivity index (χ2n) is 7.79. The van der Waals surface area contributed by atoms with E-state index < -0.39 is 12.1 Å². The summed E-state index contributed by atoms with van der Waals surface area (Å²) in [5, 5.41) is 10.7. The van der Waals surface area contributed by atoms with Crippen LogP contribution in [0.5, 0.6) is 0 Å². The number of carbonyl (C=O) groups excluding carboxylic acids is 1. The van der Waals surface area contributed by atoms with Crippen molar-refractivity contribution in [2.75, 3.05) is 50.8 Å². The lowest BCUT2D eigenvalue weighted by atomic mass is 10.1. The van der Waals surface area contributed by atoms with Crippen LogP contribution < -0.4 is 10.2 Å². The predicted octanol–water partition coefficient (Wildman–Crippen LogP) is 2.79. The summed E-state index contributed by atoms with van der Waals surface area (Å²) in [5.74, 6) is -1.82. The van der Waals surface area contributed by atoms with Gasteiger partial charge in [0.1, 0.15) is 5.82 Å².